The third-order valence-electron chi connectivity index (χ3n) is 1.46. The summed E-state index contributed by atoms with van der Waals surface area (Å²) in [5.41, 5.74) is 0. The molecule has 0 saturated carbocycles. The van der Waals surface area contributed by atoms with E-state index in [0.717, 1.165) is 18.6 Å². The van der Waals surface area contributed by atoms with Gasteiger partial charge in [0.15, 0.2) is 0 Å². The Bertz CT molecular complexity index is 134. The molecule has 1 unspecified atom stereocenters. The first-order chi connectivity index (χ1) is 5.57. The second-order valence-electron chi connectivity index (χ2n) is 3.34. The minimum absolute atomic E-state index is 0.197. The van der Waals surface area contributed by atoms with Crippen LogP contribution in [0.1, 0.15) is 33.6 Å². The molecule has 0 aromatic rings. The van der Waals surface area contributed by atoms with Crippen LogP contribution in [0.5, 0.6) is 0 Å². The van der Waals surface area contributed by atoms with Gasteiger partial charge in [0.25, 0.3) is 0 Å². The fraction of sp³-hybridized carbons (Fsp3) is 0.889. The van der Waals surface area contributed by atoms with E-state index < -0.39 is 5.97 Å². The predicted octanol–water partition coefficient (Wildman–Crippen LogP) is 2.63. The number of hydrogen-bond acceptors (Lipinski definition) is 2. The second kappa shape index (κ2) is 6.35. The van der Waals surface area contributed by atoms with E-state index in [4.69, 9.17) is 5.11 Å². The van der Waals surface area contributed by atoms with Gasteiger partial charge in [-0.15, -0.1) is 11.8 Å². The summed E-state index contributed by atoms with van der Waals surface area (Å²) in [5.74, 6) is 0.855. The molecule has 0 saturated heterocycles. The molecule has 0 aliphatic heterocycles. The molecule has 0 aromatic heterocycles. The van der Waals surface area contributed by atoms with Crippen molar-refractivity contribution in [3.05, 3.63) is 0 Å². The van der Waals surface area contributed by atoms with Gasteiger partial charge >= 0.3 is 5.97 Å². The fourth-order valence-electron chi connectivity index (χ4n) is 0.849. The van der Waals surface area contributed by atoms with Gasteiger partial charge in [-0.2, -0.15) is 0 Å². The van der Waals surface area contributed by atoms with Crippen LogP contribution in [0.2, 0.25) is 0 Å². The Kier molecular flexibility index (Phi) is 6.25. The van der Waals surface area contributed by atoms with Crippen LogP contribution < -0.4 is 0 Å². The molecule has 0 radical (unpaired) electrons. The second-order valence-corrected chi connectivity index (χ2v) is 4.58. The summed E-state index contributed by atoms with van der Waals surface area (Å²) in [4.78, 5) is 10.7. The topological polar surface area (TPSA) is 37.3 Å². The molecule has 0 rings (SSSR count). The van der Waals surface area contributed by atoms with Gasteiger partial charge in [0.1, 0.15) is 5.25 Å². The van der Waals surface area contributed by atoms with Crippen LogP contribution in [-0.2, 0) is 4.79 Å². The Morgan fingerprint density at radius 3 is 2.42 bits per heavy atom. The minimum atomic E-state index is -0.664. The van der Waals surface area contributed by atoms with Crippen LogP contribution in [-0.4, -0.2) is 22.1 Å². The third kappa shape index (κ3) is 5.47. The highest BCUT2D eigenvalue weighted by Gasteiger charge is 2.16. The van der Waals surface area contributed by atoms with E-state index in [1.165, 1.54) is 0 Å². The van der Waals surface area contributed by atoms with Crippen LogP contribution in [0.3, 0.4) is 0 Å². The van der Waals surface area contributed by atoms with Crippen LogP contribution in [0.4, 0.5) is 0 Å². The van der Waals surface area contributed by atoms with Crippen LogP contribution in [0, 0.1) is 5.92 Å². The Morgan fingerprint density at radius 2 is 2.08 bits per heavy atom. The van der Waals surface area contributed by atoms with E-state index in [9.17, 15) is 4.79 Å². The standard InChI is InChI=1S/C9H18O2S/c1-4-5-8(9(10)11)12-6-7(2)3/h7-8H,4-6H2,1-3H3,(H,10,11). The van der Waals surface area contributed by atoms with Crippen LogP contribution in [0.15, 0.2) is 0 Å². The van der Waals surface area contributed by atoms with Gasteiger partial charge in [0.2, 0.25) is 0 Å². The summed E-state index contributed by atoms with van der Waals surface area (Å²) < 4.78 is 0. The Labute approximate surface area is 78.7 Å². The number of aliphatic carboxylic acids is 1. The largest absolute Gasteiger partial charge is 0.480 e. The maximum Gasteiger partial charge on any atom is 0.316 e. The lowest BCUT2D eigenvalue weighted by atomic mass is 10.2. The van der Waals surface area contributed by atoms with Gasteiger partial charge in [-0.1, -0.05) is 27.2 Å². The first-order valence-electron chi connectivity index (χ1n) is 4.42. The van der Waals surface area contributed by atoms with Crippen LogP contribution >= 0.6 is 11.8 Å². The number of carbonyl (C=O) groups is 1. The quantitative estimate of drug-likeness (QED) is 0.699. The molecule has 3 heteroatoms. The highest BCUT2D eigenvalue weighted by molar-refractivity contribution is 8.00. The maximum absolute atomic E-state index is 10.7. The summed E-state index contributed by atoms with van der Waals surface area (Å²) in [5, 5.41) is 8.60. The molecule has 0 aliphatic rings. The van der Waals surface area contributed by atoms with E-state index in [1.54, 1.807) is 11.8 Å². The molecule has 0 amide bonds. The average Bonchev–Trinajstić information content (AvgIpc) is 1.96. The van der Waals surface area contributed by atoms with Crippen molar-refractivity contribution in [3.8, 4) is 0 Å². The van der Waals surface area contributed by atoms with E-state index >= 15 is 0 Å². The first-order valence-corrected chi connectivity index (χ1v) is 5.47. The molecular weight excluding hydrogens is 172 g/mol. The molecule has 0 spiro atoms. The van der Waals surface area contributed by atoms with Gasteiger partial charge < -0.3 is 5.11 Å². The predicted molar refractivity (Wildman–Crippen MR) is 53.6 cm³/mol. The van der Waals surface area contributed by atoms with Crippen molar-refractivity contribution in [1.29, 1.82) is 0 Å². The zero-order chi connectivity index (χ0) is 9.56. The zero-order valence-corrected chi connectivity index (χ0v) is 8.86. The molecule has 2 nitrogen and oxygen atoms in total. The molecule has 72 valence electrons. The monoisotopic (exact) mass is 190 g/mol. The summed E-state index contributed by atoms with van der Waals surface area (Å²) in [6.07, 6.45) is 1.73. The van der Waals surface area contributed by atoms with Gasteiger partial charge in [0, 0.05) is 0 Å². The lowest BCUT2D eigenvalue weighted by Crippen LogP contribution is -2.17. The number of carboxylic acid groups (broad SMARTS) is 1. The highest BCUT2D eigenvalue weighted by Crippen LogP contribution is 2.19. The molecule has 0 aromatic carbocycles. The number of rotatable bonds is 6. The van der Waals surface area contributed by atoms with Crippen molar-refractivity contribution in [1.82, 2.24) is 0 Å². The highest BCUT2D eigenvalue weighted by atomic mass is 32.2. The van der Waals surface area contributed by atoms with E-state index in [-0.39, 0.29) is 5.25 Å². The van der Waals surface area contributed by atoms with Crippen molar-refractivity contribution in [2.75, 3.05) is 5.75 Å². The normalized spacial score (nSPS) is 13.3. The Morgan fingerprint density at radius 1 is 1.50 bits per heavy atom. The number of hydrogen-bond donors (Lipinski definition) is 1. The Balaban J connectivity index is 3.71. The van der Waals surface area contributed by atoms with E-state index in [0.29, 0.717) is 5.92 Å². The van der Waals surface area contributed by atoms with Gasteiger partial charge in [0.05, 0.1) is 0 Å². The molecule has 0 heterocycles. The molecule has 0 bridgehead atoms. The lowest BCUT2D eigenvalue weighted by molar-refractivity contribution is -0.136. The SMILES string of the molecule is CCCC(SCC(C)C)C(=O)O. The Hall–Kier alpha value is -0.180. The van der Waals surface area contributed by atoms with Crippen molar-refractivity contribution >= 4 is 17.7 Å². The van der Waals surface area contributed by atoms with Gasteiger partial charge in [-0.05, 0) is 18.1 Å². The number of thioether (sulfide) groups is 1. The van der Waals surface area contributed by atoms with E-state index in [1.807, 2.05) is 6.92 Å². The summed E-state index contributed by atoms with van der Waals surface area (Å²) >= 11 is 1.56. The molecule has 1 N–H and O–H groups in total. The van der Waals surface area contributed by atoms with E-state index in [2.05, 4.69) is 13.8 Å². The summed E-state index contributed by atoms with van der Waals surface area (Å²) in [6.45, 7) is 6.24. The molecule has 1 atom stereocenters. The molecule has 12 heavy (non-hydrogen) atoms. The van der Waals surface area contributed by atoms with Crippen molar-refractivity contribution in [2.24, 2.45) is 5.92 Å². The minimum Gasteiger partial charge on any atom is -0.480 e. The van der Waals surface area contributed by atoms with Gasteiger partial charge in [-0.3, -0.25) is 4.79 Å². The summed E-state index contributed by atoms with van der Waals surface area (Å²) in [7, 11) is 0. The first kappa shape index (κ1) is 11.8. The summed E-state index contributed by atoms with van der Waals surface area (Å²) in [6, 6.07) is 0. The smallest absolute Gasteiger partial charge is 0.316 e. The van der Waals surface area contributed by atoms with Gasteiger partial charge in [-0.25, -0.2) is 0 Å². The maximum atomic E-state index is 10.7. The molecule has 0 fully saturated rings. The number of carboxylic acids is 1. The zero-order valence-electron chi connectivity index (χ0n) is 8.04. The third-order valence-corrected chi connectivity index (χ3v) is 3.16. The molecular formula is C9H18O2S. The van der Waals surface area contributed by atoms with Crippen molar-refractivity contribution in [3.63, 3.8) is 0 Å². The van der Waals surface area contributed by atoms with Crippen molar-refractivity contribution < 1.29 is 9.90 Å². The fourth-order valence-corrected chi connectivity index (χ4v) is 2.01. The molecule has 0 aliphatic carbocycles. The lowest BCUT2D eigenvalue weighted by Gasteiger charge is -2.11. The van der Waals surface area contributed by atoms with Crippen LogP contribution in [0.25, 0.3) is 0 Å². The average molecular weight is 190 g/mol. The van der Waals surface area contributed by atoms with Crippen molar-refractivity contribution in [2.45, 2.75) is 38.9 Å².